The molecule has 0 saturated carbocycles. The fraction of sp³-hybridized carbons (Fsp3) is 0.154. The number of halogens is 4. The van der Waals surface area contributed by atoms with Crippen molar-refractivity contribution in [1.29, 1.82) is 0 Å². The van der Waals surface area contributed by atoms with Crippen LogP contribution in [0.4, 0.5) is 17.6 Å². The van der Waals surface area contributed by atoms with Crippen LogP contribution in [0.15, 0.2) is 28.7 Å². The lowest BCUT2D eigenvalue weighted by molar-refractivity contribution is -0.138. The molecule has 0 aliphatic rings. The number of carbonyl (C=O) groups is 1. The van der Waals surface area contributed by atoms with E-state index in [4.69, 9.17) is 9.15 Å². The van der Waals surface area contributed by atoms with Crippen molar-refractivity contribution in [3.8, 4) is 17.1 Å². The summed E-state index contributed by atoms with van der Waals surface area (Å²) in [7, 11) is 1.04. The third-order valence-corrected chi connectivity index (χ3v) is 2.57. The van der Waals surface area contributed by atoms with E-state index in [0.29, 0.717) is 12.4 Å². The van der Waals surface area contributed by atoms with Gasteiger partial charge in [-0.25, -0.2) is 4.39 Å². The molecule has 7 heteroatoms. The van der Waals surface area contributed by atoms with Gasteiger partial charge in [0.05, 0.1) is 12.7 Å². The van der Waals surface area contributed by atoms with E-state index >= 15 is 0 Å². The molecule has 0 N–H and O–H groups in total. The molecule has 20 heavy (non-hydrogen) atoms. The van der Waals surface area contributed by atoms with E-state index in [1.807, 2.05) is 0 Å². The van der Waals surface area contributed by atoms with Gasteiger partial charge in [-0.1, -0.05) is 0 Å². The highest BCUT2D eigenvalue weighted by Gasteiger charge is 2.36. The van der Waals surface area contributed by atoms with Crippen molar-refractivity contribution in [3.05, 3.63) is 41.4 Å². The average molecular weight is 288 g/mol. The van der Waals surface area contributed by atoms with Gasteiger partial charge in [0.25, 0.3) is 0 Å². The van der Waals surface area contributed by atoms with Crippen LogP contribution >= 0.6 is 0 Å². The van der Waals surface area contributed by atoms with Crippen LogP contribution < -0.4 is 4.74 Å². The Balaban J connectivity index is 2.69. The van der Waals surface area contributed by atoms with Gasteiger partial charge in [-0.3, -0.25) is 4.79 Å². The van der Waals surface area contributed by atoms with E-state index in [0.717, 1.165) is 13.2 Å². The summed E-state index contributed by atoms with van der Waals surface area (Å²) in [5.74, 6) is -1.82. The lowest BCUT2D eigenvalue weighted by atomic mass is 10.1. The topological polar surface area (TPSA) is 39.4 Å². The van der Waals surface area contributed by atoms with Crippen LogP contribution in [0.3, 0.4) is 0 Å². The van der Waals surface area contributed by atoms with E-state index < -0.39 is 23.3 Å². The molecule has 0 saturated heterocycles. The highest BCUT2D eigenvalue weighted by Crippen LogP contribution is 2.42. The maximum atomic E-state index is 13.4. The van der Waals surface area contributed by atoms with Crippen LogP contribution in [0.25, 0.3) is 11.3 Å². The summed E-state index contributed by atoms with van der Waals surface area (Å²) in [6.45, 7) is 0. The number of aldehydes is 1. The first-order valence-corrected chi connectivity index (χ1v) is 5.37. The molecule has 2 aromatic rings. The SMILES string of the molecule is COc1c(-c2ccc(C=O)o2)cc(F)cc1C(F)(F)F. The molecule has 2 rings (SSSR count). The molecule has 0 amide bonds. The second-order valence-electron chi connectivity index (χ2n) is 3.85. The first-order valence-electron chi connectivity index (χ1n) is 5.37. The summed E-state index contributed by atoms with van der Waals surface area (Å²) in [6.07, 6.45) is -4.39. The first-order chi connectivity index (χ1) is 9.36. The molecule has 0 unspecified atom stereocenters. The van der Waals surface area contributed by atoms with E-state index in [1.165, 1.54) is 12.1 Å². The molecule has 1 heterocycles. The van der Waals surface area contributed by atoms with E-state index in [1.54, 1.807) is 0 Å². The molecule has 0 aliphatic heterocycles. The zero-order valence-corrected chi connectivity index (χ0v) is 10.1. The van der Waals surface area contributed by atoms with E-state index in [-0.39, 0.29) is 17.1 Å². The predicted octanol–water partition coefficient (Wildman–Crippen LogP) is 3.93. The number of furan rings is 1. The van der Waals surface area contributed by atoms with Gasteiger partial charge in [0.2, 0.25) is 0 Å². The number of hydrogen-bond acceptors (Lipinski definition) is 3. The van der Waals surface area contributed by atoms with Crippen molar-refractivity contribution in [2.24, 2.45) is 0 Å². The van der Waals surface area contributed by atoms with Crippen LogP contribution in [0.2, 0.25) is 0 Å². The standard InChI is InChI=1S/C13H8F4O3/c1-19-12-9(11-3-2-8(6-18)20-11)4-7(14)5-10(12)13(15,16)17/h2-6H,1H3. The van der Waals surface area contributed by atoms with Crippen molar-refractivity contribution < 1.29 is 31.5 Å². The Morgan fingerprint density at radius 1 is 1.25 bits per heavy atom. The second kappa shape index (κ2) is 4.99. The molecule has 0 atom stereocenters. The van der Waals surface area contributed by atoms with Crippen molar-refractivity contribution in [3.63, 3.8) is 0 Å². The van der Waals surface area contributed by atoms with E-state index in [2.05, 4.69) is 0 Å². The Morgan fingerprint density at radius 2 is 1.95 bits per heavy atom. The minimum Gasteiger partial charge on any atom is -0.495 e. The monoisotopic (exact) mass is 288 g/mol. The van der Waals surface area contributed by atoms with Crippen LogP contribution in [0.1, 0.15) is 16.1 Å². The highest BCUT2D eigenvalue weighted by atomic mass is 19.4. The smallest absolute Gasteiger partial charge is 0.420 e. The van der Waals surface area contributed by atoms with Crippen LogP contribution in [-0.2, 0) is 6.18 Å². The average Bonchev–Trinajstić information content (AvgIpc) is 2.85. The molecule has 0 fully saturated rings. The number of methoxy groups -OCH3 is 1. The van der Waals surface area contributed by atoms with Gasteiger partial charge < -0.3 is 9.15 Å². The summed E-state index contributed by atoms with van der Waals surface area (Å²) in [5.41, 5.74) is -1.47. The lowest BCUT2D eigenvalue weighted by Crippen LogP contribution is -2.09. The van der Waals surface area contributed by atoms with Gasteiger partial charge in [0, 0.05) is 0 Å². The van der Waals surface area contributed by atoms with Gasteiger partial charge in [-0.05, 0) is 24.3 Å². The van der Waals surface area contributed by atoms with E-state index in [9.17, 15) is 22.4 Å². The summed E-state index contributed by atoms with van der Waals surface area (Å²) >= 11 is 0. The fourth-order valence-electron chi connectivity index (χ4n) is 1.77. The van der Waals surface area contributed by atoms with Crippen molar-refractivity contribution in [2.75, 3.05) is 7.11 Å². The zero-order valence-electron chi connectivity index (χ0n) is 10.1. The molecular weight excluding hydrogens is 280 g/mol. The molecule has 0 bridgehead atoms. The summed E-state index contributed by atoms with van der Waals surface area (Å²) < 4.78 is 61.7. The molecular formula is C13H8F4O3. The number of benzene rings is 1. The van der Waals surface area contributed by atoms with Crippen molar-refractivity contribution in [2.45, 2.75) is 6.18 Å². The van der Waals surface area contributed by atoms with Crippen molar-refractivity contribution in [1.82, 2.24) is 0 Å². The minimum absolute atomic E-state index is 0.0835. The van der Waals surface area contributed by atoms with Gasteiger partial charge in [0.15, 0.2) is 12.0 Å². The Hall–Kier alpha value is -2.31. The molecule has 0 aliphatic carbocycles. The first kappa shape index (κ1) is 14.1. The highest BCUT2D eigenvalue weighted by molar-refractivity contribution is 5.75. The number of ether oxygens (including phenoxy) is 1. The number of carbonyl (C=O) groups excluding carboxylic acids is 1. The Labute approximate surface area is 110 Å². The summed E-state index contributed by atoms with van der Waals surface area (Å²) in [4.78, 5) is 10.5. The zero-order chi connectivity index (χ0) is 14.9. The van der Waals surface area contributed by atoms with Gasteiger partial charge >= 0.3 is 6.18 Å². The molecule has 0 radical (unpaired) electrons. The minimum atomic E-state index is -4.78. The van der Waals surface area contributed by atoms with Gasteiger partial charge in [-0.15, -0.1) is 0 Å². The molecule has 1 aromatic heterocycles. The normalized spacial score (nSPS) is 11.4. The van der Waals surface area contributed by atoms with Gasteiger partial charge in [-0.2, -0.15) is 13.2 Å². The maximum Gasteiger partial charge on any atom is 0.420 e. The Kier molecular flexibility index (Phi) is 3.52. The second-order valence-corrected chi connectivity index (χ2v) is 3.85. The number of hydrogen-bond donors (Lipinski definition) is 0. The molecule has 3 nitrogen and oxygen atoms in total. The quantitative estimate of drug-likeness (QED) is 0.634. The third kappa shape index (κ3) is 2.52. The third-order valence-electron chi connectivity index (χ3n) is 2.57. The summed E-state index contributed by atoms with van der Waals surface area (Å²) in [5, 5.41) is 0. The largest absolute Gasteiger partial charge is 0.495 e. The maximum absolute atomic E-state index is 13.4. The van der Waals surface area contributed by atoms with Crippen LogP contribution in [0.5, 0.6) is 5.75 Å². The molecule has 0 spiro atoms. The summed E-state index contributed by atoms with van der Waals surface area (Å²) in [6, 6.07) is 3.72. The van der Waals surface area contributed by atoms with Crippen molar-refractivity contribution >= 4 is 6.29 Å². The lowest BCUT2D eigenvalue weighted by Gasteiger charge is -2.15. The van der Waals surface area contributed by atoms with Crippen LogP contribution in [-0.4, -0.2) is 13.4 Å². The number of rotatable bonds is 3. The van der Waals surface area contributed by atoms with Crippen LogP contribution in [0, 0.1) is 5.82 Å². The number of alkyl halides is 3. The Bertz CT molecular complexity index is 644. The fourth-order valence-corrected chi connectivity index (χ4v) is 1.77. The Morgan fingerprint density at radius 3 is 2.45 bits per heavy atom. The molecule has 106 valence electrons. The van der Waals surface area contributed by atoms with Gasteiger partial charge in [0.1, 0.15) is 22.9 Å². The molecule has 1 aromatic carbocycles. The predicted molar refractivity (Wildman–Crippen MR) is 61.0 cm³/mol.